The summed E-state index contributed by atoms with van der Waals surface area (Å²) in [5, 5.41) is 5.83. The standard InChI is InChI=1S/C21H34FN3O3/c1-2-16(22)21(28)23-17-7-8-18(26)24-20(17)15-10-12-25(13-11-15)19(27)9-6-14-4-3-5-14/h14-17,20H,2-13H2,1H3,(H,23,28)(H,24,26)/t16?,17-,20+/m1/s1. The smallest absolute Gasteiger partial charge is 0.254 e. The molecule has 2 saturated heterocycles. The third kappa shape index (κ3) is 5.23. The number of carbonyl (C=O) groups excluding carboxylic acids is 3. The Kier molecular flexibility index (Phi) is 7.30. The Hall–Kier alpha value is -1.66. The molecule has 3 rings (SSSR count). The third-order valence-electron chi connectivity index (χ3n) is 6.81. The molecule has 1 saturated carbocycles. The summed E-state index contributed by atoms with van der Waals surface area (Å²) in [4.78, 5) is 38.3. The molecule has 0 spiro atoms. The molecule has 0 aromatic rings. The van der Waals surface area contributed by atoms with Crippen molar-refractivity contribution in [1.82, 2.24) is 15.5 Å². The summed E-state index contributed by atoms with van der Waals surface area (Å²) in [6.45, 7) is 3.03. The molecule has 0 bridgehead atoms. The Morgan fingerprint density at radius 1 is 1.21 bits per heavy atom. The largest absolute Gasteiger partial charge is 0.351 e. The highest BCUT2D eigenvalue weighted by atomic mass is 19.1. The summed E-state index contributed by atoms with van der Waals surface area (Å²) < 4.78 is 13.7. The molecule has 1 unspecified atom stereocenters. The Morgan fingerprint density at radius 2 is 1.93 bits per heavy atom. The van der Waals surface area contributed by atoms with E-state index in [9.17, 15) is 18.8 Å². The average Bonchev–Trinajstić information content (AvgIpc) is 2.67. The predicted octanol–water partition coefficient (Wildman–Crippen LogP) is 2.32. The zero-order valence-electron chi connectivity index (χ0n) is 16.9. The molecule has 158 valence electrons. The molecule has 3 atom stereocenters. The van der Waals surface area contributed by atoms with E-state index in [4.69, 9.17) is 0 Å². The quantitative estimate of drug-likeness (QED) is 0.694. The number of amides is 3. The van der Waals surface area contributed by atoms with Gasteiger partial charge >= 0.3 is 0 Å². The first-order chi connectivity index (χ1) is 13.5. The number of alkyl halides is 1. The van der Waals surface area contributed by atoms with Crippen molar-refractivity contribution in [3.63, 3.8) is 0 Å². The number of rotatable bonds is 7. The predicted molar refractivity (Wildman–Crippen MR) is 104 cm³/mol. The highest BCUT2D eigenvalue weighted by Gasteiger charge is 2.38. The van der Waals surface area contributed by atoms with E-state index in [-0.39, 0.29) is 36.2 Å². The minimum atomic E-state index is -1.51. The molecule has 2 heterocycles. The van der Waals surface area contributed by atoms with Gasteiger partial charge in [0.25, 0.3) is 5.91 Å². The van der Waals surface area contributed by atoms with E-state index < -0.39 is 12.1 Å². The molecular formula is C21H34FN3O3. The van der Waals surface area contributed by atoms with E-state index in [1.165, 1.54) is 19.3 Å². The van der Waals surface area contributed by atoms with Crippen LogP contribution in [0.15, 0.2) is 0 Å². The van der Waals surface area contributed by atoms with Gasteiger partial charge in [0.2, 0.25) is 11.8 Å². The van der Waals surface area contributed by atoms with Gasteiger partial charge < -0.3 is 15.5 Å². The van der Waals surface area contributed by atoms with Crippen LogP contribution in [0.4, 0.5) is 4.39 Å². The minimum Gasteiger partial charge on any atom is -0.351 e. The fraction of sp³-hybridized carbons (Fsp3) is 0.857. The Balaban J connectivity index is 1.50. The van der Waals surface area contributed by atoms with Crippen molar-refractivity contribution in [2.45, 2.75) is 89.4 Å². The van der Waals surface area contributed by atoms with E-state index in [1.807, 2.05) is 4.90 Å². The lowest BCUT2D eigenvalue weighted by Crippen LogP contribution is -2.60. The van der Waals surface area contributed by atoms with Gasteiger partial charge in [-0.15, -0.1) is 0 Å². The Morgan fingerprint density at radius 3 is 2.54 bits per heavy atom. The summed E-state index contributed by atoms with van der Waals surface area (Å²) in [5.41, 5.74) is 0. The van der Waals surface area contributed by atoms with Crippen molar-refractivity contribution in [2.75, 3.05) is 13.1 Å². The lowest BCUT2D eigenvalue weighted by Gasteiger charge is -2.42. The number of carbonyl (C=O) groups is 3. The number of nitrogens with one attached hydrogen (secondary N) is 2. The van der Waals surface area contributed by atoms with Crippen LogP contribution in [0.25, 0.3) is 0 Å². The molecule has 0 aromatic heterocycles. The summed E-state index contributed by atoms with van der Waals surface area (Å²) in [6.07, 6.45) is 6.63. The number of nitrogens with zero attached hydrogens (tertiary/aromatic N) is 1. The van der Waals surface area contributed by atoms with Crippen molar-refractivity contribution in [2.24, 2.45) is 11.8 Å². The molecule has 6 nitrogen and oxygen atoms in total. The van der Waals surface area contributed by atoms with Crippen LogP contribution in [0.2, 0.25) is 0 Å². The second kappa shape index (κ2) is 9.70. The van der Waals surface area contributed by atoms with Crippen LogP contribution in [0.5, 0.6) is 0 Å². The second-order valence-corrected chi connectivity index (χ2v) is 8.68. The molecule has 0 radical (unpaired) electrons. The molecule has 3 amide bonds. The van der Waals surface area contributed by atoms with Crippen molar-refractivity contribution in [1.29, 1.82) is 0 Å². The molecule has 7 heteroatoms. The first-order valence-corrected chi connectivity index (χ1v) is 11.0. The molecular weight excluding hydrogens is 361 g/mol. The number of halogens is 1. The summed E-state index contributed by atoms with van der Waals surface area (Å²) in [6, 6.07) is -0.414. The van der Waals surface area contributed by atoms with Crippen LogP contribution in [0.1, 0.15) is 71.1 Å². The van der Waals surface area contributed by atoms with Crippen molar-refractivity contribution < 1.29 is 18.8 Å². The van der Waals surface area contributed by atoms with Crippen LogP contribution >= 0.6 is 0 Å². The van der Waals surface area contributed by atoms with Gasteiger partial charge in [-0.05, 0) is 43.9 Å². The van der Waals surface area contributed by atoms with Crippen LogP contribution < -0.4 is 10.6 Å². The highest BCUT2D eigenvalue weighted by Crippen LogP contribution is 2.31. The molecule has 3 fully saturated rings. The number of hydrogen-bond acceptors (Lipinski definition) is 3. The van der Waals surface area contributed by atoms with Gasteiger partial charge in [0, 0.05) is 32.0 Å². The van der Waals surface area contributed by atoms with Crippen molar-refractivity contribution in [3.05, 3.63) is 0 Å². The fourth-order valence-corrected chi connectivity index (χ4v) is 4.67. The molecule has 2 aliphatic heterocycles. The SMILES string of the molecule is CCC(F)C(=O)N[C@@H]1CCC(=O)N[C@H]1C1CCN(C(=O)CCC2CCC2)CC1. The first kappa shape index (κ1) is 21.1. The lowest BCUT2D eigenvalue weighted by atomic mass is 9.81. The molecule has 28 heavy (non-hydrogen) atoms. The summed E-state index contributed by atoms with van der Waals surface area (Å²) in [5.74, 6) is 0.584. The van der Waals surface area contributed by atoms with Gasteiger partial charge in [-0.1, -0.05) is 26.2 Å². The second-order valence-electron chi connectivity index (χ2n) is 8.68. The van der Waals surface area contributed by atoms with Gasteiger partial charge in [-0.25, -0.2) is 4.39 Å². The van der Waals surface area contributed by atoms with Crippen LogP contribution in [0, 0.1) is 11.8 Å². The molecule has 2 N–H and O–H groups in total. The van der Waals surface area contributed by atoms with Gasteiger partial charge in [0.1, 0.15) is 0 Å². The number of hydrogen-bond donors (Lipinski definition) is 2. The van der Waals surface area contributed by atoms with E-state index >= 15 is 0 Å². The summed E-state index contributed by atoms with van der Waals surface area (Å²) in [7, 11) is 0. The average molecular weight is 396 g/mol. The molecule has 0 aromatic carbocycles. The minimum absolute atomic E-state index is 0.0122. The van der Waals surface area contributed by atoms with Gasteiger partial charge in [0.15, 0.2) is 6.17 Å². The van der Waals surface area contributed by atoms with E-state index in [0.29, 0.717) is 32.4 Å². The van der Waals surface area contributed by atoms with Crippen molar-refractivity contribution in [3.8, 4) is 0 Å². The van der Waals surface area contributed by atoms with Gasteiger partial charge in [-0.3, -0.25) is 14.4 Å². The zero-order valence-corrected chi connectivity index (χ0v) is 16.9. The topological polar surface area (TPSA) is 78.5 Å². The van der Waals surface area contributed by atoms with Crippen LogP contribution in [-0.4, -0.2) is 54.0 Å². The maximum Gasteiger partial charge on any atom is 0.254 e. The summed E-state index contributed by atoms with van der Waals surface area (Å²) >= 11 is 0. The highest BCUT2D eigenvalue weighted by molar-refractivity contribution is 5.82. The number of likely N-dealkylation sites (tertiary alicyclic amines) is 1. The zero-order chi connectivity index (χ0) is 20.1. The van der Waals surface area contributed by atoms with Crippen molar-refractivity contribution >= 4 is 17.7 Å². The fourth-order valence-electron chi connectivity index (χ4n) is 4.67. The van der Waals surface area contributed by atoms with Crippen LogP contribution in [0.3, 0.4) is 0 Å². The van der Waals surface area contributed by atoms with E-state index in [0.717, 1.165) is 25.2 Å². The maximum atomic E-state index is 13.7. The van der Waals surface area contributed by atoms with Gasteiger partial charge in [-0.2, -0.15) is 0 Å². The number of piperidine rings is 2. The Bertz CT molecular complexity index is 573. The Labute approximate surface area is 167 Å². The third-order valence-corrected chi connectivity index (χ3v) is 6.81. The van der Waals surface area contributed by atoms with E-state index in [1.54, 1.807) is 6.92 Å². The molecule has 1 aliphatic carbocycles. The van der Waals surface area contributed by atoms with Crippen LogP contribution in [-0.2, 0) is 14.4 Å². The first-order valence-electron chi connectivity index (χ1n) is 11.0. The van der Waals surface area contributed by atoms with E-state index in [2.05, 4.69) is 10.6 Å². The molecule has 3 aliphatic rings. The lowest BCUT2D eigenvalue weighted by molar-refractivity contribution is -0.134. The monoisotopic (exact) mass is 395 g/mol. The van der Waals surface area contributed by atoms with Gasteiger partial charge in [0.05, 0.1) is 6.04 Å². The maximum absolute atomic E-state index is 13.7. The normalized spacial score (nSPS) is 27.6.